The summed E-state index contributed by atoms with van der Waals surface area (Å²) in [5.74, 6) is 0. The van der Waals surface area contributed by atoms with E-state index in [1.807, 2.05) is 18.2 Å². The van der Waals surface area contributed by atoms with Gasteiger partial charge in [0.1, 0.15) is 0 Å². The molecule has 0 bridgehead atoms. The summed E-state index contributed by atoms with van der Waals surface area (Å²) in [7, 11) is 4.26. The van der Waals surface area contributed by atoms with Crippen LogP contribution in [0.1, 0.15) is 0 Å². The number of hydrogen-bond donors (Lipinski definition) is 1. The molecule has 1 saturated heterocycles. The molecule has 0 saturated carbocycles. The summed E-state index contributed by atoms with van der Waals surface area (Å²) in [6, 6.07) is 5.95. The maximum Gasteiger partial charge on any atom is 0.186 e. The number of anilines is 2. The van der Waals surface area contributed by atoms with E-state index in [0.29, 0.717) is 0 Å². The van der Waals surface area contributed by atoms with Gasteiger partial charge in [-0.3, -0.25) is 4.90 Å². The smallest absolute Gasteiger partial charge is 0.186 e. The summed E-state index contributed by atoms with van der Waals surface area (Å²) in [5, 5.41) is 1.13. The summed E-state index contributed by atoms with van der Waals surface area (Å²) in [4.78, 5) is 11.9. The van der Waals surface area contributed by atoms with Crippen molar-refractivity contribution in [3.8, 4) is 0 Å². The van der Waals surface area contributed by atoms with Crippen LogP contribution in [0.5, 0.6) is 0 Å². The molecule has 2 N–H and O–H groups in total. The van der Waals surface area contributed by atoms with Crippen molar-refractivity contribution in [2.24, 2.45) is 0 Å². The Kier molecular flexibility index (Phi) is 4.28. The topological polar surface area (TPSA) is 48.6 Å². The fraction of sp³-hybridized carbons (Fsp3) is 0.533. The Labute approximate surface area is 130 Å². The number of hydrogen-bond acceptors (Lipinski definition) is 6. The van der Waals surface area contributed by atoms with Crippen molar-refractivity contribution in [1.82, 2.24) is 14.8 Å². The van der Waals surface area contributed by atoms with Crippen LogP contribution in [-0.4, -0.2) is 68.1 Å². The minimum Gasteiger partial charge on any atom is -0.399 e. The van der Waals surface area contributed by atoms with Crippen molar-refractivity contribution in [3.63, 3.8) is 0 Å². The fourth-order valence-electron chi connectivity index (χ4n) is 2.57. The number of nitrogens with two attached hydrogens (primary N) is 1. The van der Waals surface area contributed by atoms with Gasteiger partial charge in [0, 0.05) is 45.0 Å². The molecule has 2 heterocycles. The van der Waals surface area contributed by atoms with Crippen LogP contribution in [0.25, 0.3) is 10.2 Å². The van der Waals surface area contributed by atoms with Crippen LogP contribution in [0.2, 0.25) is 0 Å². The van der Waals surface area contributed by atoms with E-state index in [9.17, 15) is 0 Å². The van der Waals surface area contributed by atoms with Gasteiger partial charge in [0.25, 0.3) is 0 Å². The predicted octanol–water partition coefficient (Wildman–Crippen LogP) is 1.56. The molecule has 0 spiro atoms. The lowest BCUT2D eigenvalue weighted by Gasteiger charge is -2.35. The Bertz CT molecular complexity index is 601. The van der Waals surface area contributed by atoms with Crippen molar-refractivity contribution < 1.29 is 0 Å². The second-order valence-corrected chi connectivity index (χ2v) is 6.86. The van der Waals surface area contributed by atoms with Crippen LogP contribution in [0.3, 0.4) is 0 Å². The molecule has 0 radical (unpaired) electrons. The van der Waals surface area contributed by atoms with Gasteiger partial charge in [-0.05, 0) is 32.3 Å². The first-order valence-corrected chi connectivity index (χ1v) is 8.21. The van der Waals surface area contributed by atoms with Crippen LogP contribution in [0, 0.1) is 0 Å². The van der Waals surface area contributed by atoms with Gasteiger partial charge in [-0.25, -0.2) is 4.98 Å². The molecule has 0 aliphatic carbocycles. The Morgan fingerprint density at radius 1 is 1.24 bits per heavy atom. The number of fused-ring (bicyclic) bond motifs is 1. The quantitative estimate of drug-likeness (QED) is 0.869. The van der Waals surface area contributed by atoms with Crippen molar-refractivity contribution in [2.75, 3.05) is 64.0 Å². The van der Waals surface area contributed by atoms with Gasteiger partial charge in [0.05, 0.1) is 10.2 Å². The highest BCUT2D eigenvalue weighted by Gasteiger charge is 2.19. The molecule has 3 rings (SSSR count). The minimum atomic E-state index is 0.811. The zero-order valence-electron chi connectivity index (χ0n) is 12.7. The van der Waals surface area contributed by atoms with E-state index in [-0.39, 0.29) is 0 Å². The molecule has 1 fully saturated rings. The Morgan fingerprint density at radius 3 is 2.71 bits per heavy atom. The average Bonchev–Trinajstić information content (AvgIpc) is 2.88. The number of nitrogens with zero attached hydrogens (tertiary/aromatic N) is 4. The molecule has 2 aromatic rings. The lowest BCUT2D eigenvalue weighted by atomic mass is 10.3. The average molecular weight is 305 g/mol. The first-order valence-electron chi connectivity index (χ1n) is 7.40. The Balaban J connectivity index is 1.62. The third kappa shape index (κ3) is 3.45. The minimum absolute atomic E-state index is 0.811. The molecule has 1 aliphatic heterocycles. The van der Waals surface area contributed by atoms with E-state index >= 15 is 0 Å². The SMILES string of the molecule is CN(C)CCN1CCN(c2nc3ccc(N)cc3s2)CC1. The maximum absolute atomic E-state index is 5.84. The summed E-state index contributed by atoms with van der Waals surface area (Å²) in [5.41, 5.74) is 7.71. The molecule has 0 unspecified atom stereocenters. The van der Waals surface area contributed by atoms with E-state index in [0.717, 1.165) is 55.6 Å². The van der Waals surface area contributed by atoms with E-state index < -0.39 is 0 Å². The van der Waals surface area contributed by atoms with Gasteiger partial charge < -0.3 is 15.5 Å². The molecule has 21 heavy (non-hydrogen) atoms. The fourth-order valence-corrected chi connectivity index (χ4v) is 3.63. The number of likely N-dealkylation sites (N-methyl/N-ethyl adjacent to an activating group) is 1. The lowest BCUT2D eigenvalue weighted by Crippen LogP contribution is -2.48. The molecule has 6 heteroatoms. The molecule has 0 amide bonds. The molecule has 0 atom stereocenters. The van der Waals surface area contributed by atoms with Crippen LogP contribution in [0.15, 0.2) is 18.2 Å². The second-order valence-electron chi connectivity index (χ2n) is 5.86. The van der Waals surface area contributed by atoms with Gasteiger partial charge >= 0.3 is 0 Å². The molecule has 1 aliphatic rings. The monoisotopic (exact) mass is 305 g/mol. The summed E-state index contributed by atoms with van der Waals surface area (Å²) in [6.07, 6.45) is 0. The summed E-state index contributed by atoms with van der Waals surface area (Å²) in [6.45, 7) is 6.63. The normalized spacial score (nSPS) is 17.0. The van der Waals surface area contributed by atoms with Crippen molar-refractivity contribution >= 4 is 32.4 Å². The number of thiazole rings is 1. The van der Waals surface area contributed by atoms with Gasteiger partial charge in [0.2, 0.25) is 0 Å². The molecule has 1 aromatic heterocycles. The summed E-state index contributed by atoms with van der Waals surface area (Å²) < 4.78 is 1.18. The van der Waals surface area contributed by atoms with Crippen molar-refractivity contribution in [1.29, 1.82) is 0 Å². The molecular formula is C15H23N5S. The summed E-state index contributed by atoms with van der Waals surface area (Å²) >= 11 is 1.75. The highest BCUT2D eigenvalue weighted by atomic mass is 32.1. The third-order valence-electron chi connectivity index (χ3n) is 3.91. The van der Waals surface area contributed by atoms with E-state index in [1.165, 1.54) is 4.70 Å². The first kappa shape index (κ1) is 14.6. The van der Waals surface area contributed by atoms with Crippen LogP contribution >= 0.6 is 11.3 Å². The van der Waals surface area contributed by atoms with Gasteiger partial charge in [0.15, 0.2) is 5.13 Å². The predicted molar refractivity (Wildman–Crippen MR) is 91.2 cm³/mol. The zero-order valence-corrected chi connectivity index (χ0v) is 13.6. The van der Waals surface area contributed by atoms with Crippen molar-refractivity contribution in [2.45, 2.75) is 0 Å². The van der Waals surface area contributed by atoms with Crippen LogP contribution in [-0.2, 0) is 0 Å². The largest absolute Gasteiger partial charge is 0.399 e. The van der Waals surface area contributed by atoms with Crippen LogP contribution < -0.4 is 10.6 Å². The molecule has 114 valence electrons. The number of benzene rings is 1. The molecule has 1 aromatic carbocycles. The van der Waals surface area contributed by atoms with Crippen LogP contribution in [0.4, 0.5) is 10.8 Å². The van der Waals surface area contributed by atoms with Gasteiger partial charge in [-0.15, -0.1) is 0 Å². The lowest BCUT2D eigenvalue weighted by molar-refractivity contribution is 0.229. The zero-order chi connectivity index (χ0) is 14.8. The number of rotatable bonds is 4. The number of nitrogen functional groups attached to an aromatic ring is 1. The van der Waals surface area contributed by atoms with Gasteiger partial charge in [-0.1, -0.05) is 11.3 Å². The highest BCUT2D eigenvalue weighted by molar-refractivity contribution is 7.22. The molecular weight excluding hydrogens is 282 g/mol. The maximum atomic E-state index is 5.84. The highest BCUT2D eigenvalue weighted by Crippen LogP contribution is 2.30. The van der Waals surface area contributed by atoms with E-state index in [1.54, 1.807) is 11.3 Å². The van der Waals surface area contributed by atoms with E-state index in [2.05, 4.69) is 28.8 Å². The van der Waals surface area contributed by atoms with Gasteiger partial charge in [-0.2, -0.15) is 0 Å². The number of piperazine rings is 1. The molecule has 5 nitrogen and oxygen atoms in total. The van der Waals surface area contributed by atoms with E-state index in [4.69, 9.17) is 10.7 Å². The Morgan fingerprint density at radius 2 is 2.00 bits per heavy atom. The van der Waals surface area contributed by atoms with Crippen molar-refractivity contribution in [3.05, 3.63) is 18.2 Å². The first-order chi connectivity index (χ1) is 10.1. The Hall–Kier alpha value is -1.37. The standard InChI is InChI=1S/C15H23N5S/c1-18(2)5-6-19-7-9-20(10-8-19)15-17-13-4-3-12(16)11-14(13)21-15/h3-4,11H,5-10,16H2,1-2H3. The second kappa shape index (κ2) is 6.17. The third-order valence-corrected chi connectivity index (χ3v) is 4.99. The number of aromatic nitrogens is 1.